The largest absolute Gasteiger partial charge is 0.348 e. The topological polar surface area (TPSA) is 82.2 Å². The van der Waals surface area contributed by atoms with Crippen LogP contribution >= 0.6 is 11.6 Å². The summed E-state index contributed by atoms with van der Waals surface area (Å²) in [6.45, 7) is 0.477. The number of nitrogens with one attached hydrogen (secondary N) is 3. The zero-order chi connectivity index (χ0) is 20.8. The highest BCUT2D eigenvalue weighted by Gasteiger charge is 2.11. The highest BCUT2D eigenvalue weighted by Crippen LogP contribution is 2.23. The molecule has 1 heterocycles. The van der Waals surface area contributed by atoms with Crippen molar-refractivity contribution in [3.63, 3.8) is 0 Å². The number of carbonyl (C=O) groups is 1. The number of hydrogen-bond donors (Lipinski definition) is 3. The van der Waals surface area contributed by atoms with Crippen molar-refractivity contribution < 1.29 is 4.79 Å². The van der Waals surface area contributed by atoms with Crippen LogP contribution in [0, 0.1) is 0 Å². The van der Waals surface area contributed by atoms with Gasteiger partial charge in [0.1, 0.15) is 0 Å². The quantitative estimate of drug-likeness (QED) is 0.326. The predicted molar refractivity (Wildman–Crippen MR) is 121 cm³/mol. The Morgan fingerprint density at radius 1 is 1.07 bits per heavy atom. The van der Waals surface area contributed by atoms with Crippen molar-refractivity contribution in [3.8, 4) is 0 Å². The van der Waals surface area contributed by atoms with Crippen molar-refractivity contribution in [3.05, 3.63) is 95.5 Å². The van der Waals surface area contributed by atoms with Crippen molar-refractivity contribution in [1.82, 2.24) is 15.3 Å². The number of fused-ring (bicyclic) bond motifs is 1. The van der Waals surface area contributed by atoms with Gasteiger partial charge in [0.2, 0.25) is 5.96 Å². The molecule has 3 N–H and O–H groups in total. The van der Waals surface area contributed by atoms with Gasteiger partial charge in [-0.05, 0) is 29.7 Å². The molecule has 6 nitrogen and oxygen atoms in total. The van der Waals surface area contributed by atoms with E-state index < -0.39 is 0 Å². The molecular formula is C23H20ClN5O. The molecule has 4 rings (SSSR count). The van der Waals surface area contributed by atoms with E-state index in [0.717, 1.165) is 22.2 Å². The van der Waals surface area contributed by atoms with E-state index in [0.29, 0.717) is 29.5 Å². The van der Waals surface area contributed by atoms with Crippen LogP contribution in [0.3, 0.4) is 0 Å². The molecule has 0 aliphatic rings. The first kappa shape index (κ1) is 19.7. The monoisotopic (exact) mass is 417 g/mol. The van der Waals surface area contributed by atoms with E-state index in [1.165, 1.54) is 0 Å². The van der Waals surface area contributed by atoms with Crippen LogP contribution in [-0.2, 0) is 6.42 Å². The molecule has 0 radical (unpaired) electrons. The van der Waals surface area contributed by atoms with Crippen LogP contribution in [0.1, 0.15) is 16.1 Å². The lowest BCUT2D eigenvalue weighted by molar-refractivity contribution is 0.0977. The number of hydrogen-bond acceptors (Lipinski definition) is 3. The average Bonchev–Trinajstić information content (AvgIpc) is 3.27. The van der Waals surface area contributed by atoms with Crippen LogP contribution < -0.4 is 10.6 Å². The fourth-order valence-electron chi connectivity index (χ4n) is 3.09. The third kappa shape index (κ3) is 4.85. The third-order valence-corrected chi connectivity index (χ3v) is 4.80. The van der Waals surface area contributed by atoms with Crippen LogP contribution in [0.2, 0.25) is 5.02 Å². The Morgan fingerprint density at radius 2 is 1.90 bits per heavy atom. The Labute approximate surface area is 179 Å². The number of rotatable bonds is 5. The Morgan fingerprint density at radius 3 is 2.73 bits per heavy atom. The molecule has 1 aromatic heterocycles. The summed E-state index contributed by atoms with van der Waals surface area (Å²) in [5.74, 6) is 0.0846. The van der Waals surface area contributed by atoms with E-state index in [4.69, 9.17) is 11.6 Å². The molecule has 0 aliphatic heterocycles. The number of benzene rings is 3. The number of nitrogens with zero attached hydrogens (tertiary/aromatic N) is 2. The minimum atomic E-state index is -0.287. The molecule has 0 spiro atoms. The number of guanidine groups is 1. The lowest BCUT2D eigenvalue weighted by Crippen LogP contribution is -2.36. The lowest BCUT2D eigenvalue weighted by atomic mass is 10.1. The van der Waals surface area contributed by atoms with Crippen LogP contribution in [0.25, 0.3) is 10.8 Å². The van der Waals surface area contributed by atoms with Crippen LogP contribution in [0.15, 0.2) is 84.2 Å². The zero-order valence-electron chi connectivity index (χ0n) is 16.1. The van der Waals surface area contributed by atoms with Gasteiger partial charge in [0.25, 0.3) is 5.91 Å². The summed E-state index contributed by atoms with van der Waals surface area (Å²) in [5, 5.41) is 8.79. The van der Waals surface area contributed by atoms with E-state index in [1.54, 1.807) is 36.8 Å². The Kier molecular flexibility index (Phi) is 6.06. The van der Waals surface area contributed by atoms with Crippen molar-refractivity contribution in [2.75, 3.05) is 11.9 Å². The molecule has 0 aliphatic carbocycles. The van der Waals surface area contributed by atoms with Crippen molar-refractivity contribution in [1.29, 1.82) is 0 Å². The fourth-order valence-corrected chi connectivity index (χ4v) is 3.28. The van der Waals surface area contributed by atoms with E-state index >= 15 is 0 Å². The molecule has 0 fully saturated rings. The van der Waals surface area contributed by atoms with Crippen LogP contribution in [0.5, 0.6) is 0 Å². The number of aromatic nitrogens is 2. The number of aromatic amines is 1. The highest BCUT2D eigenvalue weighted by atomic mass is 35.5. The highest BCUT2D eigenvalue weighted by molar-refractivity contribution is 6.31. The number of imidazole rings is 1. The number of H-pyrrole nitrogens is 1. The van der Waals surface area contributed by atoms with Gasteiger partial charge in [-0.3, -0.25) is 15.1 Å². The molecule has 30 heavy (non-hydrogen) atoms. The number of carbonyl (C=O) groups excluding carboxylic acids is 1. The van der Waals surface area contributed by atoms with Gasteiger partial charge in [0.15, 0.2) is 0 Å². The van der Waals surface area contributed by atoms with Gasteiger partial charge >= 0.3 is 0 Å². The molecule has 4 aromatic rings. The molecule has 1 amide bonds. The molecule has 7 heteroatoms. The normalized spacial score (nSPS) is 11.4. The first-order valence-electron chi connectivity index (χ1n) is 9.52. The maximum Gasteiger partial charge on any atom is 0.258 e. The second kappa shape index (κ2) is 9.24. The van der Waals surface area contributed by atoms with Gasteiger partial charge in [0, 0.05) is 46.5 Å². The minimum absolute atomic E-state index is 0.287. The van der Waals surface area contributed by atoms with Gasteiger partial charge < -0.3 is 10.3 Å². The maximum atomic E-state index is 12.7. The minimum Gasteiger partial charge on any atom is -0.348 e. The average molecular weight is 418 g/mol. The molecule has 0 atom stereocenters. The second-order valence-corrected chi connectivity index (χ2v) is 7.11. The summed E-state index contributed by atoms with van der Waals surface area (Å²) in [6.07, 6.45) is 4.07. The second-order valence-electron chi connectivity index (χ2n) is 6.67. The van der Waals surface area contributed by atoms with Crippen LogP contribution in [-0.4, -0.2) is 28.4 Å². The zero-order valence-corrected chi connectivity index (χ0v) is 16.9. The van der Waals surface area contributed by atoms with Crippen molar-refractivity contribution >= 4 is 39.9 Å². The maximum absolute atomic E-state index is 12.7. The lowest BCUT2D eigenvalue weighted by Gasteiger charge is -2.14. The number of halogens is 1. The van der Waals surface area contributed by atoms with Gasteiger partial charge in [0.05, 0.1) is 6.33 Å². The predicted octanol–water partition coefficient (Wildman–Crippen LogP) is 4.66. The van der Waals surface area contributed by atoms with Gasteiger partial charge in [-0.1, -0.05) is 54.1 Å². The summed E-state index contributed by atoms with van der Waals surface area (Å²) in [6, 6.07) is 20.8. The van der Waals surface area contributed by atoms with Gasteiger partial charge in [-0.25, -0.2) is 4.98 Å². The number of anilines is 1. The molecule has 0 saturated carbocycles. The summed E-state index contributed by atoms with van der Waals surface area (Å²) in [5.41, 5.74) is 2.30. The van der Waals surface area contributed by atoms with E-state index in [-0.39, 0.29) is 5.91 Å². The molecule has 150 valence electrons. The smallest absolute Gasteiger partial charge is 0.258 e. The third-order valence-electron chi connectivity index (χ3n) is 4.57. The SMILES string of the molecule is O=C(NC(=NCCc1cnc[nH]1)Nc1cccc2ccccc12)c1cccc(Cl)c1. The summed E-state index contributed by atoms with van der Waals surface area (Å²) in [4.78, 5) is 24.4. The Hall–Kier alpha value is -3.64. The van der Waals surface area contributed by atoms with E-state index in [2.05, 4.69) is 25.6 Å². The summed E-state index contributed by atoms with van der Waals surface area (Å²) < 4.78 is 0. The summed E-state index contributed by atoms with van der Waals surface area (Å²) in [7, 11) is 0. The first-order chi connectivity index (χ1) is 14.7. The van der Waals surface area contributed by atoms with Gasteiger partial charge in [-0.15, -0.1) is 0 Å². The van der Waals surface area contributed by atoms with E-state index in [1.807, 2.05) is 42.5 Å². The molecule has 0 unspecified atom stereocenters. The summed E-state index contributed by atoms with van der Waals surface area (Å²) >= 11 is 6.03. The number of amides is 1. The van der Waals surface area contributed by atoms with Crippen molar-refractivity contribution in [2.45, 2.75) is 6.42 Å². The van der Waals surface area contributed by atoms with Crippen molar-refractivity contribution in [2.24, 2.45) is 4.99 Å². The first-order valence-corrected chi connectivity index (χ1v) is 9.90. The van der Waals surface area contributed by atoms with E-state index in [9.17, 15) is 4.79 Å². The van der Waals surface area contributed by atoms with Crippen LogP contribution in [0.4, 0.5) is 5.69 Å². The molecule has 0 saturated heterocycles. The van der Waals surface area contributed by atoms with Gasteiger partial charge in [-0.2, -0.15) is 0 Å². The molecule has 0 bridgehead atoms. The fraction of sp³-hybridized carbons (Fsp3) is 0.0870. The molecular weight excluding hydrogens is 398 g/mol. The number of aliphatic imine (C=N–C) groups is 1. The Balaban J connectivity index is 1.58. The standard InChI is InChI=1S/C23H20ClN5O/c24-18-8-3-7-17(13-18)22(30)29-23(26-12-11-19-14-25-15-27-19)28-21-10-4-6-16-5-1-2-9-20(16)21/h1-10,13-15H,11-12H2,(H,25,27)(H2,26,28,29,30). The Bertz CT molecular complexity index is 1180. The molecule has 3 aromatic carbocycles.